The van der Waals surface area contributed by atoms with Crippen LogP contribution in [0.2, 0.25) is 5.28 Å². The van der Waals surface area contributed by atoms with E-state index in [0.717, 1.165) is 29.9 Å². The molecule has 0 radical (unpaired) electrons. The molecule has 1 aliphatic heterocycles. The normalized spacial score (nSPS) is 13.2. The summed E-state index contributed by atoms with van der Waals surface area (Å²) >= 11 is 6.02. The molecule has 4 aromatic heterocycles. The number of anilines is 1. The van der Waals surface area contributed by atoms with Gasteiger partial charge in [0, 0.05) is 51.5 Å². The molecule has 6 aromatic rings. The number of aromatic hydroxyl groups is 2. The smallest absolute Gasteiger partial charge is 0.228 e. The first-order valence-corrected chi connectivity index (χ1v) is 15.3. The standard InChI is InChI=1S/C18H21N5O3.C14H13ClN4O2/c1-25-8-5-23-12-19-16-15(13-3-2-4-14(24)11-13)20-18(21-17(16)23)22-6-9-26-10-7-22;1-21-6-5-19-8-16-12-11(17-14(15)18-13(12)19)9-3-2-4-10(20)7-9/h2-4,11-12,24H,5-10H2,1H3;2-4,7-8,20H,5-6H2,1H3. The SMILES string of the molecule is COCCn1cnc2c(-c3cccc(O)c3)nc(Cl)nc21.COCCn1cnc2c(-c3cccc(O)c3)nc(N3CCOCC3)nc21. The second-order valence-corrected chi connectivity index (χ2v) is 11.0. The monoisotopic (exact) mass is 659 g/mol. The number of benzene rings is 2. The molecule has 244 valence electrons. The van der Waals surface area contributed by atoms with Gasteiger partial charge in [-0.25, -0.2) is 19.9 Å². The summed E-state index contributed by atoms with van der Waals surface area (Å²) in [5, 5.41) is 19.6. The maximum absolute atomic E-state index is 9.87. The number of nitrogens with zero attached hydrogens (tertiary/aromatic N) is 9. The van der Waals surface area contributed by atoms with E-state index < -0.39 is 0 Å². The molecule has 2 aromatic carbocycles. The first-order chi connectivity index (χ1) is 22.9. The molecule has 0 aliphatic carbocycles. The fraction of sp³-hybridized carbons (Fsp3) is 0.312. The minimum atomic E-state index is 0.139. The van der Waals surface area contributed by atoms with Crippen molar-refractivity contribution in [2.45, 2.75) is 13.1 Å². The van der Waals surface area contributed by atoms with Gasteiger partial charge in [0.1, 0.15) is 33.9 Å². The summed E-state index contributed by atoms with van der Waals surface area (Å²) in [6, 6.07) is 13.8. The van der Waals surface area contributed by atoms with E-state index in [1.165, 1.54) is 0 Å². The zero-order valence-corrected chi connectivity index (χ0v) is 26.7. The van der Waals surface area contributed by atoms with Crippen LogP contribution in [-0.2, 0) is 27.3 Å². The number of hydrogen-bond donors (Lipinski definition) is 2. The average Bonchev–Trinajstić information content (AvgIpc) is 3.70. The molecule has 15 heteroatoms. The molecule has 1 saturated heterocycles. The molecule has 0 bridgehead atoms. The van der Waals surface area contributed by atoms with Crippen LogP contribution >= 0.6 is 11.6 Å². The molecule has 1 fully saturated rings. The van der Waals surface area contributed by atoms with Crippen LogP contribution in [0.15, 0.2) is 61.2 Å². The highest BCUT2D eigenvalue weighted by molar-refractivity contribution is 6.28. The van der Waals surface area contributed by atoms with Gasteiger partial charge in [0.05, 0.1) is 39.1 Å². The van der Waals surface area contributed by atoms with Crippen molar-refractivity contribution in [3.63, 3.8) is 0 Å². The van der Waals surface area contributed by atoms with Crippen LogP contribution in [0.3, 0.4) is 0 Å². The highest BCUT2D eigenvalue weighted by Gasteiger charge is 2.20. The number of rotatable bonds is 9. The topological polar surface area (TPSA) is 159 Å². The zero-order valence-electron chi connectivity index (χ0n) is 26.0. The maximum atomic E-state index is 9.87. The fourth-order valence-electron chi connectivity index (χ4n) is 5.17. The van der Waals surface area contributed by atoms with Crippen LogP contribution in [0, 0.1) is 0 Å². The Morgan fingerprint density at radius 1 is 0.745 bits per heavy atom. The molecular weight excluding hydrogens is 626 g/mol. The Labute approximate surface area is 275 Å². The lowest BCUT2D eigenvalue weighted by Crippen LogP contribution is -2.37. The average molecular weight is 660 g/mol. The second kappa shape index (κ2) is 14.7. The molecule has 0 amide bonds. The van der Waals surface area contributed by atoms with Crippen molar-refractivity contribution in [1.29, 1.82) is 0 Å². The molecule has 47 heavy (non-hydrogen) atoms. The van der Waals surface area contributed by atoms with Crippen LogP contribution in [0.25, 0.3) is 44.8 Å². The first kappa shape index (κ1) is 32.1. The van der Waals surface area contributed by atoms with Crippen molar-refractivity contribution >= 4 is 39.9 Å². The van der Waals surface area contributed by atoms with Gasteiger partial charge in [-0.2, -0.15) is 9.97 Å². The summed E-state index contributed by atoms with van der Waals surface area (Å²) < 4.78 is 19.5. The van der Waals surface area contributed by atoms with Gasteiger partial charge in [0.2, 0.25) is 11.2 Å². The van der Waals surface area contributed by atoms with Crippen LogP contribution in [-0.4, -0.2) is 103 Å². The van der Waals surface area contributed by atoms with Gasteiger partial charge < -0.3 is 38.5 Å². The summed E-state index contributed by atoms with van der Waals surface area (Å²) in [7, 11) is 3.31. The summed E-state index contributed by atoms with van der Waals surface area (Å²) in [6.07, 6.45) is 3.44. The lowest BCUT2D eigenvalue weighted by Gasteiger charge is -2.27. The first-order valence-electron chi connectivity index (χ1n) is 15.0. The molecule has 2 N–H and O–H groups in total. The number of methoxy groups -OCH3 is 2. The summed E-state index contributed by atoms with van der Waals surface area (Å²) in [4.78, 5) is 29.0. The molecule has 14 nitrogen and oxygen atoms in total. The molecule has 0 unspecified atom stereocenters. The fourth-order valence-corrected chi connectivity index (χ4v) is 5.34. The van der Waals surface area contributed by atoms with E-state index in [1.807, 2.05) is 21.3 Å². The van der Waals surface area contributed by atoms with E-state index in [9.17, 15) is 10.2 Å². The molecule has 0 atom stereocenters. The van der Waals surface area contributed by atoms with Crippen LogP contribution < -0.4 is 4.90 Å². The maximum Gasteiger partial charge on any atom is 0.228 e. The zero-order chi connectivity index (χ0) is 32.8. The Hall–Kier alpha value is -4.89. The highest BCUT2D eigenvalue weighted by Crippen LogP contribution is 2.30. The number of imidazole rings is 2. The van der Waals surface area contributed by atoms with Crippen molar-refractivity contribution in [3.8, 4) is 34.0 Å². The number of hydrogen-bond acceptors (Lipinski definition) is 12. The molecular formula is C32H34ClN9O5. The largest absolute Gasteiger partial charge is 0.508 e. The van der Waals surface area contributed by atoms with Gasteiger partial charge in [-0.1, -0.05) is 24.3 Å². The lowest BCUT2D eigenvalue weighted by molar-refractivity contribution is 0.122. The van der Waals surface area contributed by atoms with E-state index in [0.29, 0.717) is 73.5 Å². The summed E-state index contributed by atoms with van der Waals surface area (Å²) in [5.41, 5.74) is 5.61. The van der Waals surface area contributed by atoms with Crippen LogP contribution in [0.1, 0.15) is 0 Å². The number of ether oxygens (including phenoxy) is 3. The van der Waals surface area contributed by atoms with E-state index in [2.05, 4.69) is 24.8 Å². The third-order valence-corrected chi connectivity index (χ3v) is 7.66. The van der Waals surface area contributed by atoms with Crippen molar-refractivity contribution in [2.24, 2.45) is 0 Å². The predicted octanol–water partition coefficient (Wildman–Crippen LogP) is 4.18. The number of halogens is 1. The lowest BCUT2D eigenvalue weighted by atomic mass is 10.1. The quantitative estimate of drug-likeness (QED) is 0.214. The van der Waals surface area contributed by atoms with Crippen molar-refractivity contribution in [2.75, 3.05) is 58.6 Å². The molecule has 1 aliphatic rings. The third kappa shape index (κ3) is 7.25. The van der Waals surface area contributed by atoms with Crippen molar-refractivity contribution in [1.82, 2.24) is 39.0 Å². The molecule has 5 heterocycles. The van der Waals surface area contributed by atoms with E-state index in [4.69, 9.17) is 35.8 Å². The molecule has 0 saturated carbocycles. The Morgan fingerprint density at radius 2 is 1.28 bits per heavy atom. The minimum absolute atomic E-state index is 0.139. The van der Waals surface area contributed by atoms with E-state index >= 15 is 0 Å². The third-order valence-electron chi connectivity index (χ3n) is 7.49. The number of fused-ring (bicyclic) bond motifs is 2. The number of phenolic OH excluding ortho intramolecular Hbond substituents is 2. The Bertz CT molecular complexity index is 1980. The van der Waals surface area contributed by atoms with Crippen LogP contribution in [0.4, 0.5) is 5.95 Å². The minimum Gasteiger partial charge on any atom is -0.508 e. The number of phenols is 2. The van der Waals surface area contributed by atoms with Gasteiger partial charge in [-0.3, -0.25) is 0 Å². The predicted molar refractivity (Wildman–Crippen MR) is 177 cm³/mol. The van der Waals surface area contributed by atoms with Gasteiger partial charge >= 0.3 is 0 Å². The molecule has 7 rings (SSSR count). The Balaban J connectivity index is 0.000000168. The van der Waals surface area contributed by atoms with E-state index in [-0.39, 0.29) is 16.8 Å². The summed E-state index contributed by atoms with van der Waals surface area (Å²) in [5.74, 6) is 1.01. The van der Waals surface area contributed by atoms with Gasteiger partial charge in [-0.05, 0) is 35.9 Å². The molecule has 0 spiro atoms. The Morgan fingerprint density at radius 3 is 1.81 bits per heavy atom. The van der Waals surface area contributed by atoms with E-state index in [1.54, 1.807) is 63.3 Å². The van der Waals surface area contributed by atoms with Crippen molar-refractivity contribution in [3.05, 3.63) is 66.5 Å². The number of aromatic nitrogens is 8. The second-order valence-electron chi connectivity index (χ2n) is 10.6. The van der Waals surface area contributed by atoms with Gasteiger partial charge in [0.15, 0.2) is 11.3 Å². The highest BCUT2D eigenvalue weighted by atomic mass is 35.5. The van der Waals surface area contributed by atoms with Crippen molar-refractivity contribution < 1.29 is 24.4 Å². The number of morpholine rings is 1. The van der Waals surface area contributed by atoms with Gasteiger partial charge in [-0.15, -0.1) is 0 Å². The summed E-state index contributed by atoms with van der Waals surface area (Å²) in [6.45, 7) is 5.22. The Kier molecular flexibility index (Phi) is 10.0. The van der Waals surface area contributed by atoms with Crippen LogP contribution in [0.5, 0.6) is 11.5 Å². The van der Waals surface area contributed by atoms with Gasteiger partial charge in [0.25, 0.3) is 0 Å².